The first kappa shape index (κ1) is 14.0. The lowest BCUT2D eigenvalue weighted by atomic mass is 10.1. The molecular weight excluding hydrogens is 278 g/mol. The Morgan fingerprint density at radius 1 is 1.45 bits per heavy atom. The number of rotatable bonds is 5. The van der Waals surface area contributed by atoms with E-state index in [0.717, 1.165) is 5.56 Å². The van der Waals surface area contributed by atoms with Crippen molar-refractivity contribution in [2.45, 2.75) is 13.0 Å². The van der Waals surface area contributed by atoms with Crippen molar-refractivity contribution in [3.63, 3.8) is 0 Å². The van der Waals surface area contributed by atoms with Crippen LogP contribution in [-0.4, -0.2) is 10.8 Å². The normalized spacial score (nSPS) is 11.8. The van der Waals surface area contributed by atoms with Gasteiger partial charge < -0.3 is 11.1 Å². The minimum atomic E-state index is -0.689. The highest BCUT2D eigenvalue weighted by Gasteiger charge is 2.18. The maximum absolute atomic E-state index is 11.1. The van der Waals surface area contributed by atoms with E-state index >= 15 is 0 Å². The van der Waals surface area contributed by atoms with E-state index < -0.39 is 10.8 Å². The number of primary amides is 1. The van der Waals surface area contributed by atoms with E-state index in [1.165, 1.54) is 18.2 Å². The highest BCUT2D eigenvalue weighted by molar-refractivity contribution is 7.07. The summed E-state index contributed by atoms with van der Waals surface area (Å²) in [6, 6.07) is 6.04. The Labute approximate surface area is 119 Å². The first-order chi connectivity index (χ1) is 9.49. The maximum Gasteiger partial charge on any atom is 0.293 e. The van der Waals surface area contributed by atoms with Gasteiger partial charge in [-0.15, -0.1) is 0 Å². The lowest BCUT2D eigenvalue weighted by Gasteiger charge is -2.14. The molecule has 0 radical (unpaired) electrons. The average molecular weight is 291 g/mol. The summed E-state index contributed by atoms with van der Waals surface area (Å²) in [6.07, 6.45) is 0. The summed E-state index contributed by atoms with van der Waals surface area (Å²) in [7, 11) is 0. The van der Waals surface area contributed by atoms with Crippen LogP contribution in [0.25, 0.3) is 0 Å². The van der Waals surface area contributed by atoms with E-state index in [4.69, 9.17) is 5.73 Å². The third-order valence-electron chi connectivity index (χ3n) is 2.89. The Balaban J connectivity index is 2.31. The van der Waals surface area contributed by atoms with Gasteiger partial charge in [0.15, 0.2) is 0 Å². The standard InChI is InChI=1S/C13H13N3O3S/c1-8(10-4-5-20-7-10)15-11-3-2-9(13(14)17)6-12(11)16(18)19/h2-8,15H,1H3,(H2,14,17). The van der Waals surface area contributed by atoms with Gasteiger partial charge in [-0.25, -0.2) is 0 Å². The molecular formula is C13H13N3O3S. The van der Waals surface area contributed by atoms with Crippen LogP contribution in [-0.2, 0) is 0 Å². The molecule has 0 bridgehead atoms. The molecule has 1 heterocycles. The van der Waals surface area contributed by atoms with Crippen LogP contribution < -0.4 is 11.1 Å². The van der Waals surface area contributed by atoms with Gasteiger partial charge in [-0.05, 0) is 41.4 Å². The second kappa shape index (κ2) is 5.70. The van der Waals surface area contributed by atoms with Crippen LogP contribution in [0.3, 0.4) is 0 Å². The molecule has 104 valence electrons. The Bertz CT molecular complexity index is 640. The molecule has 0 aliphatic carbocycles. The van der Waals surface area contributed by atoms with Gasteiger partial charge in [-0.1, -0.05) is 0 Å². The second-order valence-electron chi connectivity index (χ2n) is 4.28. The molecule has 1 aromatic carbocycles. The van der Waals surface area contributed by atoms with Crippen molar-refractivity contribution < 1.29 is 9.72 Å². The fraction of sp³-hybridized carbons (Fsp3) is 0.154. The number of nitro benzene ring substituents is 1. The first-order valence-electron chi connectivity index (χ1n) is 5.86. The van der Waals surface area contributed by atoms with Crippen molar-refractivity contribution in [2.24, 2.45) is 5.73 Å². The number of nitrogens with two attached hydrogens (primary N) is 1. The molecule has 2 rings (SSSR count). The molecule has 0 aliphatic rings. The minimum absolute atomic E-state index is 0.0700. The van der Waals surface area contributed by atoms with Gasteiger partial charge in [-0.3, -0.25) is 14.9 Å². The summed E-state index contributed by atoms with van der Waals surface area (Å²) in [4.78, 5) is 21.6. The number of amides is 1. The van der Waals surface area contributed by atoms with Crippen molar-refractivity contribution in [3.05, 3.63) is 56.3 Å². The predicted molar refractivity (Wildman–Crippen MR) is 78.0 cm³/mol. The summed E-state index contributed by atoms with van der Waals surface area (Å²) in [5, 5.41) is 18.1. The number of nitro groups is 1. The van der Waals surface area contributed by atoms with Crippen LogP contribution in [0.15, 0.2) is 35.0 Å². The molecule has 1 unspecified atom stereocenters. The van der Waals surface area contributed by atoms with Gasteiger partial charge >= 0.3 is 0 Å². The SMILES string of the molecule is CC(Nc1ccc(C(N)=O)cc1[N+](=O)[O-])c1ccsc1. The van der Waals surface area contributed by atoms with Crippen molar-refractivity contribution in [1.82, 2.24) is 0 Å². The molecule has 0 saturated carbocycles. The van der Waals surface area contributed by atoms with Crippen molar-refractivity contribution in [3.8, 4) is 0 Å². The number of nitrogens with zero attached hydrogens (tertiary/aromatic N) is 1. The molecule has 7 heteroatoms. The van der Waals surface area contributed by atoms with E-state index in [1.54, 1.807) is 11.3 Å². The number of carbonyl (C=O) groups excluding carboxylic acids is 1. The lowest BCUT2D eigenvalue weighted by molar-refractivity contribution is -0.384. The summed E-state index contributed by atoms with van der Waals surface area (Å²) >= 11 is 1.56. The lowest BCUT2D eigenvalue weighted by Crippen LogP contribution is -2.12. The maximum atomic E-state index is 11.1. The van der Waals surface area contributed by atoms with Crippen LogP contribution in [0.2, 0.25) is 0 Å². The smallest absolute Gasteiger partial charge is 0.293 e. The van der Waals surface area contributed by atoms with Crippen LogP contribution in [0.5, 0.6) is 0 Å². The number of hydrogen-bond donors (Lipinski definition) is 2. The molecule has 0 aliphatic heterocycles. The zero-order valence-electron chi connectivity index (χ0n) is 10.7. The molecule has 1 amide bonds. The summed E-state index contributed by atoms with van der Waals surface area (Å²) in [5.41, 5.74) is 6.49. The molecule has 1 aromatic heterocycles. The summed E-state index contributed by atoms with van der Waals surface area (Å²) < 4.78 is 0. The van der Waals surface area contributed by atoms with E-state index in [9.17, 15) is 14.9 Å². The zero-order valence-corrected chi connectivity index (χ0v) is 11.5. The van der Waals surface area contributed by atoms with Gasteiger partial charge in [0, 0.05) is 17.7 Å². The third-order valence-corrected chi connectivity index (χ3v) is 3.60. The highest BCUT2D eigenvalue weighted by atomic mass is 32.1. The van der Waals surface area contributed by atoms with Crippen molar-refractivity contribution >= 4 is 28.6 Å². The highest BCUT2D eigenvalue weighted by Crippen LogP contribution is 2.29. The molecule has 0 spiro atoms. The van der Waals surface area contributed by atoms with Crippen LogP contribution in [0.4, 0.5) is 11.4 Å². The van der Waals surface area contributed by atoms with E-state index in [1.807, 2.05) is 23.8 Å². The van der Waals surface area contributed by atoms with Gasteiger partial charge in [0.1, 0.15) is 5.69 Å². The fourth-order valence-corrected chi connectivity index (χ4v) is 2.55. The molecule has 1 atom stereocenters. The van der Waals surface area contributed by atoms with Gasteiger partial charge in [0.2, 0.25) is 5.91 Å². The predicted octanol–water partition coefficient (Wildman–Crippen LogP) is 2.93. The first-order valence-corrected chi connectivity index (χ1v) is 6.80. The largest absolute Gasteiger partial charge is 0.373 e. The number of hydrogen-bond acceptors (Lipinski definition) is 5. The van der Waals surface area contributed by atoms with Crippen molar-refractivity contribution in [2.75, 3.05) is 5.32 Å². The van der Waals surface area contributed by atoms with Gasteiger partial charge in [0.05, 0.1) is 4.92 Å². The average Bonchev–Trinajstić information content (AvgIpc) is 2.92. The Morgan fingerprint density at radius 2 is 2.20 bits per heavy atom. The number of benzene rings is 1. The zero-order chi connectivity index (χ0) is 14.7. The van der Waals surface area contributed by atoms with Crippen LogP contribution in [0.1, 0.15) is 28.9 Å². The molecule has 0 saturated heterocycles. The van der Waals surface area contributed by atoms with Crippen molar-refractivity contribution in [1.29, 1.82) is 0 Å². The van der Waals surface area contributed by atoms with E-state index in [2.05, 4.69) is 5.32 Å². The van der Waals surface area contributed by atoms with E-state index in [0.29, 0.717) is 5.69 Å². The van der Waals surface area contributed by atoms with Gasteiger partial charge in [0.25, 0.3) is 5.69 Å². The van der Waals surface area contributed by atoms with E-state index in [-0.39, 0.29) is 17.3 Å². The van der Waals surface area contributed by atoms with Crippen LogP contribution in [0, 0.1) is 10.1 Å². The Morgan fingerprint density at radius 3 is 2.75 bits per heavy atom. The van der Waals surface area contributed by atoms with Gasteiger partial charge in [-0.2, -0.15) is 11.3 Å². The molecule has 2 aromatic rings. The number of nitrogens with one attached hydrogen (secondary N) is 1. The second-order valence-corrected chi connectivity index (χ2v) is 5.06. The number of anilines is 1. The molecule has 6 nitrogen and oxygen atoms in total. The third kappa shape index (κ3) is 2.94. The quantitative estimate of drug-likeness (QED) is 0.653. The topological polar surface area (TPSA) is 98.3 Å². The number of thiophene rings is 1. The monoisotopic (exact) mass is 291 g/mol. The molecule has 3 N–H and O–H groups in total. The fourth-order valence-electron chi connectivity index (χ4n) is 1.80. The molecule has 0 fully saturated rings. The minimum Gasteiger partial charge on any atom is -0.373 e. The summed E-state index contributed by atoms with van der Waals surface area (Å²) in [6.45, 7) is 1.91. The summed E-state index contributed by atoms with van der Waals surface area (Å²) in [5.74, 6) is -0.689. The van der Waals surface area contributed by atoms with Crippen LogP contribution >= 0.6 is 11.3 Å². The Hall–Kier alpha value is -2.41. The molecule has 20 heavy (non-hydrogen) atoms. The number of carbonyl (C=O) groups is 1. The Kier molecular flexibility index (Phi) is 3.99.